The quantitative estimate of drug-likeness (QED) is 0.607. The van der Waals surface area contributed by atoms with Crippen molar-refractivity contribution in [2.24, 2.45) is 0 Å². The predicted octanol–water partition coefficient (Wildman–Crippen LogP) is 2.00. The molecule has 0 saturated carbocycles. The third-order valence-corrected chi connectivity index (χ3v) is 2.54. The van der Waals surface area contributed by atoms with E-state index in [-0.39, 0.29) is 0 Å². The van der Waals surface area contributed by atoms with Gasteiger partial charge in [0.1, 0.15) is 6.29 Å². The van der Waals surface area contributed by atoms with E-state index >= 15 is 0 Å². The first-order valence-electron chi connectivity index (χ1n) is 5.73. The number of nitrogens with zero attached hydrogens (tertiary/aromatic N) is 4. The number of carbonyl (C=O) groups is 1. The molecule has 5 heteroatoms. The zero-order valence-electron chi connectivity index (χ0n) is 10.3. The van der Waals surface area contributed by atoms with Crippen molar-refractivity contribution < 1.29 is 4.79 Å². The molecule has 0 aliphatic heterocycles. The number of benzene rings is 1. The van der Waals surface area contributed by atoms with E-state index in [0.717, 1.165) is 5.69 Å². The second-order valence-electron chi connectivity index (χ2n) is 4.18. The van der Waals surface area contributed by atoms with Crippen molar-refractivity contribution in [3.05, 3.63) is 41.7 Å². The van der Waals surface area contributed by atoms with E-state index in [1.54, 1.807) is 0 Å². The van der Waals surface area contributed by atoms with Gasteiger partial charge in [-0.25, -0.2) is 0 Å². The fourth-order valence-corrected chi connectivity index (χ4v) is 1.52. The van der Waals surface area contributed by atoms with Gasteiger partial charge in [0.2, 0.25) is 0 Å². The molecule has 2 aromatic rings. The van der Waals surface area contributed by atoms with Crippen LogP contribution in [0.2, 0.25) is 0 Å². The first-order valence-corrected chi connectivity index (χ1v) is 5.73. The number of carbonyl (C=O) groups excluding carboxylic acids is 1. The Balaban J connectivity index is 2.23. The third kappa shape index (κ3) is 2.68. The molecule has 0 unspecified atom stereocenters. The fraction of sp³-hybridized carbons (Fsp3) is 0.231. The summed E-state index contributed by atoms with van der Waals surface area (Å²) < 4.78 is 0. The smallest absolute Gasteiger partial charge is 0.198 e. The zero-order valence-corrected chi connectivity index (χ0v) is 10.3. The third-order valence-electron chi connectivity index (χ3n) is 2.54. The van der Waals surface area contributed by atoms with Crippen LogP contribution in [0.1, 0.15) is 31.2 Å². The Hall–Kier alpha value is -2.30. The SMILES string of the molecule is CC(C)c1ccc(-n2nnc(/C=C/C=O)n2)cc1. The predicted molar refractivity (Wildman–Crippen MR) is 68.3 cm³/mol. The lowest BCUT2D eigenvalue weighted by atomic mass is 10.0. The Morgan fingerprint density at radius 1 is 1.22 bits per heavy atom. The summed E-state index contributed by atoms with van der Waals surface area (Å²) in [5.41, 5.74) is 2.11. The van der Waals surface area contributed by atoms with Gasteiger partial charge in [-0.05, 0) is 41.0 Å². The summed E-state index contributed by atoms with van der Waals surface area (Å²) in [5, 5.41) is 11.9. The van der Waals surface area contributed by atoms with Crippen molar-refractivity contribution in [1.82, 2.24) is 20.2 Å². The van der Waals surface area contributed by atoms with Crippen LogP contribution in [-0.4, -0.2) is 26.5 Å². The van der Waals surface area contributed by atoms with Gasteiger partial charge in [0, 0.05) is 0 Å². The maximum atomic E-state index is 10.2. The Morgan fingerprint density at radius 2 is 1.94 bits per heavy atom. The van der Waals surface area contributed by atoms with Gasteiger partial charge in [-0.2, -0.15) is 0 Å². The van der Waals surface area contributed by atoms with Gasteiger partial charge in [-0.15, -0.1) is 15.0 Å². The van der Waals surface area contributed by atoms with Gasteiger partial charge in [0.15, 0.2) is 5.82 Å². The highest BCUT2D eigenvalue weighted by atomic mass is 16.1. The minimum Gasteiger partial charge on any atom is -0.299 e. The van der Waals surface area contributed by atoms with Crippen LogP contribution in [0.25, 0.3) is 11.8 Å². The molecule has 1 aromatic heterocycles. The summed E-state index contributed by atoms with van der Waals surface area (Å²) in [6.45, 7) is 4.29. The van der Waals surface area contributed by atoms with Crippen molar-refractivity contribution in [3.8, 4) is 5.69 Å². The average molecular weight is 242 g/mol. The first-order chi connectivity index (χ1) is 8.70. The molecule has 0 fully saturated rings. The molecule has 0 aliphatic carbocycles. The minimum absolute atomic E-state index is 0.412. The van der Waals surface area contributed by atoms with Crippen molar-refractivity contribution in [1.29, 1.82) is 0 Å². The normalized spacial score (nSPS) is 11.3. The molecule has 0 bridgehead atoms. The van der Waals surface area contributed by atoms with Crippen molar-refractivity contribution >= 4 is 12.4 Å². The Morgan fingerprint density at radius 3 is 2.56 bits per heavy atom. The number of aldehydes is 1. The maximum absolute atomic E-state index is 10.2. The van der Waals surface area contributed by atoms with Gasteiger partial charge >= 0.3 is 0 Å². The van der Waals surface area contributed by atoms with Gasteiger partial charge in [0.25, 0.3) is 0 Å². The van der Waals surface area contributed by atoms with Crippen LogP contribution < -0.4 is 0 Å². The summed E-state index contributed by atoms with van der Waals surface area (Å²) in [5.74, 6) is 0.906. The lowest BCUT2D eigenvalue weighted by molar-refractivity contribution is -0.104. The summed E-state index contributed by atoms with van der Waals surface area (Å²) in [6, 6.07) is 7.99. The number of hydrogen-bond donors (Lipinski definition) is 0. The fourth-order valence-electron chi connectivity index (χ4n) is 1.52. The molecule has 0 N–H and O–H groups in total. The van der Waals surface area contributed by atoms with Gasteiger partial charge in [-0.1, -0.05) is 26.0 Å². The lowest BCUT2D eigenvalue weighted by Crippen LogP contribution is -1.99. The van der Waals surface area contributed by atoms with E-state index in [1.165, 1.54) is 22.5 Å². The van der Waals surface area contributed by atoms with Crippen molar-refractivity contribution in [2.75, 3.05) is 0 Å². The number of aromatic nitrogens is 4. The van der Waals surface area contributed by atoms with Crippen LogP contribution in [0.5, 0.6) is 0 Å². The van der Waals surface area contributed by atoms with Gasteiger partial charge in [0.05, 0.1) is 5.69 Å². The summed E-state index contributed by atoms with van der Waals surface area (Å²) in [4.78, 5) is 11.6. The highest BCUT2D eigenvalue weighted by Crippen LogP contribution is 2.15. The zero-order chi connectivity index (χ0) is 13.0. The molecule has 0 amide bonds. The molecule has 0 saturated heterocycles. The van der Waals surface area contributed by atoms with Crippen LogP contribution in [0.3, 0.4) is 0 Å². The van der Waals surface area contributed by atoms with E-state index < -0.39 is 0 Å². The van der Waals surface area contributed by atoms with E-state index in [2.05, 4.69) is 29.3 Å². The number of tetrazole rings is 1. The standard InChI is InChI=1S/C13H14N4O/c1-10(2)11-5-7-12(8-6-11)17-15-13(14-16-17)4-3-9-18/h3-10H,1-2H3/b4-3+. The van der Waals surface area contributed by atoms with E-state index in [4.69, 9.17) is 0 Å². The average Bonchev–Trinajstić information content (AvgIpc) is 2.85. The summed E-state index contributed by atoms with van der Waals surface area (Å²) >= 11 is 0. The Bertz CT molecular complexity index is 555. The second-order valence-corrected chi connectivity index (χ2v) is 4.18. The topological polar surface area (TPSA) is 60.7 Å². The van der Waals surface area contributed by atoms with Crippen molar-refractivity contribution in [2.45, 2.75) is 19.8 Å². The first kappa shape index (κ1) is 12.2. The van der Waals surface area contributed by atoms with E-state index in [0.29, 0.717) is 18.0 Å². The van der Waals surface area contributed by atoms with Crippen LogP contribution in [0.15, 0.2) is 30.3 Å². The molecular formula is C13H14N4O. The molecular weight excluding hydrogens is 228 g/mol. The van der Waals surface area contributed by atoms with E-state index in [9.17, 15) is 4.79 Å². The van der Waals surface area contributed by atoms with Crippen LogP contribution in [-0.2, 0) is 4.79 Å². The lowest BCUT2D eigenvalue weighted by Gasteiger charge is -2.05. The second kappa shape index (κ2) is 5.35. The van der Waals surface area contributed by atoms with Crippen LogP contribution in [0, 0.1) is 0 Å². The molecule has 18 heavy (non-hydrogen) atoms. The number of rotatable bonds is 4. The molecule has 2 rings (SSSR count). The maximum Gasteiger partial charge on any atom is 0.198 e. The molecule has 0 radical (unpaired) electrons. The van der Waals surface area contributed by atoms with Gasteiger partial charge in [-0.3, -0.25) is 4.79 Å². The Kier molecular flexibility index (Phi) is 3.62. The van der Waals surface area contributed by atoms with Crippen molar-refractivity contribution in [3.63, 3.8) is 0 Å². The molecule has 1 heterocycles. The monoisotopic (exact) mass is 242 g/mol. The minimum atomic E-state index is 0.412. The highest BCUT2D eigenvalue weighted by Gasteiger charge is 2.03. The molecule has 92 valence electrons. The van der Waals surface area contributed by atoms with E-state index in [1.807, 2.05) is 24.3 Å². The summed E-state index contributed by atoms with van der Waals surface area (Å²) in [7, 11) is 0. The summed E-state index contributed by atoms with van der Waals surface area (Å²) in [6.07, 6.45) is 3.53. The Labute approximate surface area is 105 Å². The highest BCUT2D eigenvalue weighted by molar-refractivity contribution is 5.72. The number of hydrogen-bond acceptors (Lipinski definition) is 4. The molecule has 5 nitrogen and oxygen atoms in total. The molecule has 1 aromatic carbocycles. The largest absolute Gasteiger partial charge is 0.299 e. The van der Waals surface area contributed by atoms with Crippen LogP contribution >= 0.6 is 0 Å². The number of allylic oxidation sites excluding steroid dienone is 1. The molecule has 0 atom stereocenters. The van der Waals surface area contributed by atoms with Gasteiger partial charge < -0.3 is 0 Å². The molecule has 0 aliphatic rings. The van der Waals surface area contributed by atoms with Crippen LogP contribution in [0.4, 0.5) is 0 Å². The molecule has 0 spiro atoms.